The summed E-state index contributed by atoms with van der Waals surface area (Å²) in [6, 6.07) is 2.23. The zero-order valence-corrected chi connectivity index (χ0v) is 12.1. The molecule has 1 aromatic carbocycles. The van der Waals surface area contributed by atoms with Crippen molar-refractivity contribution in [3.63, 3.8) is 0 Å². The van der Waals surface area contributed by atoms with E-state index in [-0.39, 0.29) is 34.8 Å². The molecule has 0 atom stereocenters. The number of benzene rings is 1. The van der Waals surface area contributed by atoms with Crippen LogP contribution in [0.25, 0.3) is 10.9 Å². The topological polar surface area (TPSA) is 52.2 Å². The Morgan fingerprint density at radius 3 is 2.62 bits per heavy atom. The van der Waals surface area contributed by atoms with Gasteiger partial charge in [-0.25, -0.2) is 22.8 Å². The molecule has 0 unspecified atom stereocenters. The van der Waals surface area contributed by atoms with Gasteiger partial charge in [0.25, 0.3) is 0 Å². The van der Waals surface area contributed by atoms with Gasteiger partial charge >= 0.3 is 11.4 Å². The van der Waals surface area contributed by atoms with Crippen molar-refractivity contribution in [1.29, 1.82) is 0 Å². The summed E-state index contributed by atoms with van der Waals surface area (Å²) in [5.41, 5.74) is -0.835. The highest BCUT2D eigenvalue weighted by Gasteiger charge is 2.45. The van der Waals surface area contributed by atoms with Gasteiger partial charge in [0, 0.05) is 19.4 Å². The highest BCUT2D eigenvalue weighted by Crippen LogP contribution is 2.43. The normalized spacial score (nSPS) is 17.9. The summed E-state index contributed by atoms with van der Waals surface area (Å²) in [5.74, 6) is -4.74. The smallest absolute Gasteiger partial charge is 0.372 e. The third kappa shape index (κ3) is 2.52. The van der Waals surface area contributed by atoms with Gasteiger partial charge in [-0.15, -0.1) is 0 Å². The van der Waals surface area contributed by atoms with Crippen molar-refractivity contribution in [3.05, 3.63) is 43.4 Å². The predicted octanol–water partition coefficient (Wildman–Crippen LogP) is 2.90. The maximum atomic E-state index is 13.6. The predicted molar refractivity (Wildman–Crippen MR) is 72.1 cm³/mol. The largest absolute Gasteiger partial charge is 0.422 e. The summed E-state index contributed by atoms with van der Waals surface area (Å²) in [7, 11) is 0. The average molecular weight is 364 g/mol. The van der Waals surface area contributed by atoms with E-state index < -0.39 is 29.0 Å². The van der Waals surface area contributed by atoms with Gasteiger partial charge in [0.05, 0.1) is 15.4 Å². The van der Waals surface area contributed by atoms with Crippen molar-refractivity contribution in [2.24, 2.45) is 5.92 Å². The van der Waals surface area contributed by atoms with Crippen LogP contribution in [0.4, 0.5) is 13.2 Å². The highest BCUT2D eigenvalue weighted by molar-refractivity contribution is 9.10. The van der Waals surface area contributed by atoms with E-state index >= 15 is 0 Å². The van der Waals surface area contributed by atoms with Crippen LogP contribution < -0.4 is 11.4 Å². The lowest BCUT2D eigenvalue weighted by atomic mass is 9.81. The summed E-state index contributed by atoms with van der Waals surface area (Å²) in [4.78, 5) is 23.4. The fourth-order valence-corrected chi connectivity index (χ4v) is 2.90. The Bertz CT molecular complexity index is 835. The van der Waals surface area contributed by atoms with Gasteiger partial charge in [-0.05, 0) is 34.0 Å². The molecular weight excluding hydrogens is 355 g/mol. The van der Waals surface area contributed by atoms with E-state index in [2.05, 4.69) is 20.3 Å². The second-order valence-electron chi connectivity index (χ2n) is 5.18. The molecule has 8 heteroatoms. The third-order valence-electron chi connectivity index (χ3n) is 3.57. The fraction of sp³-hybridized carbons (Fsp3) is 0.385. The van der Waals surface area contributed by atoms with E-state index in [1.165, 1.54) is 6.07 Å². The average Bonchev–Trinajstić information content (AvgIpc) is 2.34. The van der Waals surface area contributed by atoms with Crippen molar-refractivity contribution in [2.75, 3.05) is 0 Å². The minimum absolute atomic E-state index is 0.0222. The lowest BCUT2D eigenvalue weighted by Gasteiger charge is -2.35. The van der Waals surface area contributed by atoms with Crippen LogP contribution in [-0.4, -0.2) is 10.5 Å². The van der Waals surface area contributed by atoms with Crippen molar-refractivity contribution < 1.29 is 17.6 Å². The molecule has 0 saturated heterocycles. The molecule has 3 rings (SSSR count). The minimum atomic E-state index is -2.71. The van der Waals surface area contributed by atoms with Gasteiger partial charge < -0.3 is 4.42 Å². The van der Waals surface area contributed by atoms with Crippen LogP contribution in [0.3, 0.4) is 0 Å². The number of hydrogen-bond donors (Lipinski definition) is 0. The molecule has 2 aromatic rings. The number of hydrogen-bond acceptors (Lipinski definition) is 3. The van der Waals surface area contributed by atoms with E-state index in [4.69, 9.17) is 0 Å². The van der Waals surface area contributed by atoms with Crippen LogP contribution >= 0.6 is 15.9 Å². The second-order valence-corrected chi connectivity index (χ2v) is 6.03. The van der Waals surface area contributed by atoms with Gasteiger partial charge in [0.2, 0.25) is 5.92 Å². The Balaban J connectivity index is 2.11. The molecule has 1 aliphatic rings. The molecule has 21 heavy (non-hydrogen) atoms. The van der Waals surface area contributed by atoms with E-state index in [1.54, 1.807) is 0 Å². The first-order valence-electron chi connectivity index (χ1n) is 6.17. The Morgan fingerprint density at radius 2 is 2.00 bits per heavy atom. The number of alkyl halides is 2. The number of nitrogens with zero attached hydrogens (tertiary/aromatic N) is 1. The maximum absolute atomic E-state index is 13.6. The van der Waals surface area contributed by atoms with E-state index in [0.717, 1.165) is 10.6 Å². The van der Waals surface area contributed by atoms with Crippen LogP contribution in [0.2, 0.25) is 0 Å². The number of aromatic nitrogens is 1. The zero-order chi connectivity index (χ0) is 15.4. The first kappa shape index (κ1) is 14.4. The molecule has 1 heterocycles. The summed E-state index contributed by atoms with van der Waals surface area (Å²) in [5, 5.41) is 0.0222. The molecule has 1 fully saturated rings. The molecule has 112 valence electrons. The Morgan fingerprint density at radius 1 is 1.33 bits per heavy atom. The highest BCUT2D eigenvalue weighted by atomic mass is 79.9. The molecular formula is C13H9BrF3NO3. The minimum Gasteiger partial charge on any atom is -0.372 e. The summed E-state index contributed by atoms with van der Waals surface area (Å²) < 4.78 is 45.0. The maximum Gasteiger partial charge on any atom is 0.422 e. The molecule has 1 saturated carbocycles. The van der Waals surface area contributed by atoms with Crippen molar-refractivity contribution in [3.8, 4) is 0 Å². The molecule has 1 aromatic heterocycles. The first-order valence-corrected chi connectivity index (χ1v) is 6.97. The lowest BCUT2D eigenvalue weighted by molar-refractivity contribution is -0.114. The van der Waals surface area contributed by atoms with Crippen LogP contribution in [0, 0.1) is 11.7 Å². The van der Waals surface area contributed by atoms with Crippen LogP contribution in [0.15, 0.2) is 30.6 Å². The van der Waals surface area contributed by atoms with E-state index in [0.29, 0.717) is 0 Å². The SMILES string of the molecule is O=c1oc(=O)n(CC2CC(F)(F)C2)c2cc(F)c(Br)cc12. The third-order valence-corrected chi connectivity index (χ3v) is 4.17. The molecule has 1 aliphatic carbocycles. The van der Waals surface area contributed by atoms with Crippen molar-refractivity contribution in [1.82, 2.24) is 4.57 Å². The number of fused-ring (bicyclic) bond motifs is 1. The standard InChI is InChI=1S/C13H9BrF3NO3/c14-8-1-7-10(2-9(8)15)18(12(20)21-11(7)19)5-6-3-13(16,17)4-6/h1-2,6H,3-5H2. The summed E-state index contributed by atoms with van der Waals surface area (Å²) in [6.07, 6.45) is -0.669. The molecule has 0 bridgehead atoms. The second kappa shape index (κ2) is 4.72. The molecule has 4 nitrogen and oxygen atoms in total. The fourth-order valence-electron chi connectivity index (χ4n) is 2.56. The van der Waals surface area contributed by atoms with Gasteiger partial charge in [-0.2, -0.15) is 0 Å². The van der Waals surface area contributed by atoms with Gasteiger partial charge in [-0.1, -0.05) is 0 Å². The first-order chi connectivity index (χ1) is 9.77. The lowest BCUT2D eigenvalue weighted by Crippen LogP contribution is -2.40. The quantitative estimate of drug-likeness (QED) is 0.824. The van der Waals surface area contributed by atoms with Gasteiger partial charge in [0.1, 0.15) is 5.82 Å². The molecule has 0 aliphatic heterocycles. The number of halogens is 4. The van der Waals surface area contributed by atoms with E-state index in [1.807, 2.05) is 0 Å². The van der Waals surface area contributed by atoms with Gasteiger partial charge in [-0.3, -0.25) is 4.57 Å². The molecule has 0 spiro atoms. The zero-order valence-electron chi connectivity index (χ0n) is 10.5. The molecule has 0 N–H and O–H groups in total. The Kier molecular flexibility index (Phi) is 3.23. The summed E-state index contributed by atoms with van der Waals surface area (Å²) in [6.45, 7) is -0.0320. The molecule has 0 amide bonds. The Hall–Kier alpha value is -1.57. The van der Waals surface area contributed by atoms with Crippen LogP contribution in [-0.2, 0) is 6.54 Å². The van der Waals surface area contributed by atoms with E-state index in [9.17, 15) is 22.8 Å². The van der Waals surface area contributed by atoms with Crippen molar-refractivity contribution >= 4 is 26.8 Å². The summed E-state index contributed by atoms with van der Waals surface area (Å²) >= 11 is 2.94. The Labute approximate surface area is 124 Å². The number of rotatable bonds is 2. The van der Waals surface area contributed by atoms with Crippen molar-refractivity contribution in [2.45, 2.75) is 25.3 Å². The van der Waals surface area contributed by atoms with Gasteiger partial charge in [0.15, 0.2) is 0 Å². The monoisotopic (exact) mass is 363 g/mol. The van der Waals surface area contributed by atoms with Crippen LogP contribution in [0.5, 0.6) is 0 Å². The molecule has 0 radical (unpaired) electrons. The van der Waals surface area contributed by atoms with Crippen LogP contribution in [0.1, 0.15) is 12.8 Å².